The molecule has 1 heterocycles. The molecular formula is C16H29N3OS. The minimum atomic E-state index is -0.154. The van der Waals surface area contributed by atoms with Crippen molar-refractivity contribution in [3.05, 3.63) is 16.1 Å². The average Bonchev–Trinajstić information content (AvgIpc) is 2.85. The summed E-state index contributed by atoms with van der Waals surface area (Å²) in [7, 11) is 0. The van der Waals surface area contributed by atoms with Crippen LogP contribution in [0.4, 0.5) is 0 Å². The van der Waals surface area contributed by atoms with E-state index < -0.39 is 0 Å². The summed E-state index contributed by atoms with van der Waals surface area (Å²) in [5, 5.41) is 3.24. The van der Waals surface area contributed by atoms with E-state index in [2.05, 4.69) is 36.6 Å². The van der Waals surface area contributed by atoms with Gasteiger partial charge in [0.05, 0.1) is 16.7 Å². The van der Waals surface area contributed by atoms with E-state index in [-0.39, 0.29) is 11.6 Å². The minimum Gasteiger partial charge on any atom is -0.374 e. The molecular weight excluding hydrogens is 282 g/mol. The zero-order valence-corrected chi connectivity index (χ0v) is 14.6. The van der Waals surface area contributed by atoms with Crippen molar-refractivity contribution in [1.82, 2.24) is 10.4 Å². The van der Waals surface area contributed by atoms with Gasteiger partial charge in [-0.05, 0) is 44.9 Å². The molecule has 0 spiro atoms. The Labute approximate surface area is 132 Å². The molecule has 0 amide bonds. The van der Waals surface area contributed by atoms with Crippen LogP contribution in [-0.4, -0.2) is 23.2 Å². The molecule has 1 aliphatic carbocycles. The van der Waals surface area contributed by atoms with Gasteiger partial charge in [0.1, 0.15) is 0 Å². The third kappa shape index (κ3) is 4.03. The van der Waals surface area contributed by atoms with Crippen molar-refractivity contribution in [2.24, 2.45) is 11.3 Å². The summed E-state index contributed by atoms with van der Waals surface area (Å²) in [5.41, 5.74) is 4.37. The molecule has 0 radical (unpaired) electrons. The number of aromatic nitrogens is 1. The SMILES string of the molecule is CCOC1(C(Cc2nc(C)cs2)NN)CCC(C)(C)CC1. The molecule has 0 aliphatic heterocycles. The first-order valence-electron chi connectivity index (χ1n) is 7.92. The Kier molecular flexibility index (Phi) is 5.41. The number of hydrogen-bond acceptors (Lipinski definition) is 5. The number of hydrogen-bond donors (Lipinski definition) is 2. The predicted octanol–water partition coefficient (Wildman–Crippen LogP) is 3.20. The Morgan fingerprint density at radius 3 is 2.52 bits per heavy atom. The van der Waals surface area contributed by atoms with Gasteiger partial charge < -0.3 is 4.74 Å². The van der Waals surface area contributed by atoms with Gasteiger partial charge in [-0.25, -0.2) is 4.98 Å². The van der Waals surface area contributed by atoms with Gasteiger partial charge in [0, 0.05) is 24.1 Å². The largest absolute Gasteiger partial charge is 0.374 e. The lowest BCUT2D eigenvalue weighted by atomic mass is 9.68. The maximum Gasteiger partial charge on any atom is 0.0945 e. The highest BCUT2D eigenvalue weighted by molar-refractivity contribution is 7.09. The van der Waals surface area contributed by atoms with Gasteiger partial charge in [0.15, 0.2) is 0 Å². The molecule has 1 aromatic heterocycles. The van der Waals surface area contributed by atoms with E-state index >= 15 is 0 Å². The lowest BCUT2D eigenvalue weighted by Crippen LogP contribution is -2.58. The summed E-state index contributed by atoms with van der Waals surface area (Å²) in [6.07, 6.45) is 5.33. The molecule has 1 atom stereocenters. The smallest absolute Gasteiger partial charge is 0.0945 e. The number of hydrazine groups is 1. The molecule has 0 saturated heterocycles. The molecule has 4 nitrogen and oxygen atoms in total. The molecule has 0 aromatic carbocycles. The van der Waals surface area contributed by atoms with Crippen molar-refractivity contribution in [2.75, 3.05) is 6.61 Å². The molecule has 0 bridgehead atoms. The highest BCUT2D eigenvalue weighted by Crippen LogP contribution is 2.44. The highest BCUT2D eigenvalue weighted by atomic mass is 32.1. The maximum absolute atomic E-state index is 6.23. The fourth-order valence-corrected chi connectivity index (χ4v) is 4.12. The lowest BCUT2D eigenvalue weighted by Gasteiger charge is -2.47. The summed E-state index contributed by atoms with van der Waals surface area (Å²) in [5.74, 6) is 5.89. The van der Waals surface area contributed by atoms with Crippen LogP contribution >= 0.6 is 11.3 Å². The molecule has 1 aromatic rings. The van der Waals surface area contributed by atoms with Gasteiger partial charge in [-0.15, -0.1) is 11.3 Å². The highest BCUT2D eigenvalue weighted by Gasteiger charge is 2.44. The summed E-state index contributed by atoms with van der Waals surface area (Å²) < 4.78 is 6.23. The van der Waals surface area contributed by atoms with E-state index in [1.807, 2.05) is 6.92 Å². The number of thiazole rings is 1. The monoisotopic (exact) mass is 311 g/mol. The van der Waals surface area contributed by atoms with Crippen LogP contribution in [0.15, 0.2) is 5.38 Å². The van der Waals surface area contributed by atoms with E-state index in [0.717, 1.165) is 36.6 Å². The normalized spacial score (nSPS) is 22.1. The van der Waals surface area contributed by atoms with E-state index in [4.69, 9.17) is 10.6 Å². The lowest BCUT2D eigenvalue weighted by molar-refractivity contribution is -0.106. The second-order valence-corrected chi connectivity index (χ2v) is 7.91. The Balaban J connectivity index is 2.14. The van der Waals surface area contributed by atoms with E-state index in [0.29, 0.717) is 5.41 Å². The van der Waals surface area contributed by atoms with Crippen LogP contribution in [0.25, 0.3) is 0 Å². The number of nitrogens with two attached hydrogens (primary N) is 1. The van der Waals surface area contributed by atoms with Gasteiger partial charge in [-0.3, -0.25) is 11.3 Å². The first kappa shape index (κ1) is 16.9. The third-order valence-electron chi connectivity index (χ3n) is 4.76. The number of nitrogens with one attached hydrogen (secondary N) is 1. The first-order chi connectivity index (χ1) is 9.91. The van der Waals surface area contributed by atoms with Crippen LogP contribution in [0.2, 0.25) is 0 Å². The molecule has 2 rings (SSSR count). The van der Waals surface area contributed by atoms with Crippen LogP contribution in [0, 0.1) is 12.3 Å². The van der Waals surface area contributed by atoms with Gasteiger partial charge in [-0.2, -0.15) is 0 Å². The van der Waals surface area contributed by atoms with E-state index in [1.165, 1.54) is 12.8 Å². The number of nitrogens with zero attached hydrogens (tertiary/aromatic N) is 1. The van der Waals surface area contributed by atoms with Crippen LogP contribution in [0.5, 0.6) is 0 Å². The summed E-state index contributed by atoms with van der Waals surface area (Å²) >= 11 is 1.71. The molecule has 120 valence electrons. The standard InChI is InChI=1S/C16H29N3OS/c1-5-20-16(8-6-15(3,4)7-9-16)13(19-17)10-14-18-12(2)11-21-14/h11,13,19H,5-10,17H2,1-4H3. The summed E-state index contributed by atoms with van der Waals surface area (Å²) in [6, 6.07) is 0.124. The molecule has 1 aliphatic rings. The zero-order chi connectivity index (χ0) is 15.5. The van der Waals surface area contributed by atoms with Gasteiger partial charge >= 0.3 is 0 Å². The fraction of sp³-hybridized carbons (Fsp3) is 0.812. The van der Waals surface area contributed by atoms with Gasteiger partial charge in [0.25, 0.3) is 0 Å². The molecule has 1 unspecified atom stereocenters. The van der Waals surface area contributed by atoms with Crippen LogP contribution < -0.4 is 11.3 Å². The van der Waals surface area contributed by atoms with Gasteiger partial charge in [-0.1, -0.05) is 13.8 Å². The van der Waals surface area contributed by atoms with Crippen LogP contribution in [0.1, 0.15) is 57.2 Å². The van der Waals surface area contributed by atoms with Crippen molar-refractivity contribution in [3.8, 4) is 0 Å². The number of ether oxygens (including phenoxy) is 1. The van der Waals surface area contributed by atoms with Crippen molar-refractivity contribution in [2.45, 2.75) is 71.4 Å². The van der Waals surface area contributed by atoms with Crippen molar-refractivity contribution in [3.63, 3.8) is 0 Å². The third-order valence-corrected chi connectivity index (χ3v) is 5.75. The summed E-state index contributed by atoms with van der Waals surface area (Å²) in [4.78, 5) is 4.58. The maximum atomic E-state index is 6.23. The quantitative estimate of drug-likeness (QED) is 0.625. The number of aryl methyl sites for hydroxylation is 1. The second kappa shape index (κ2) is 6.73. The topological polar surface area (TPSA) is 60.2 Å². The van der Waals surface area contributed by atoms with E-state index in [9.17, 15) is 0 Å². The Bertz CT molecular complexity index is 448. The van der Waals surface area contributed by atoms with Gasteiger partial charge in [0.2, 0.25) is 0 Å². The predicted molar refractivity (Wildman–Crippen MR) is 88.3 cm³/mol. The van der Waals surface area contributed by atoms with Crippen LogP contribution in [-0.2, 0) is 11.2 Å². The Morgan fingerprint density at radius 2 is 2.05 bits per heavy atom. The zero-order valence-electron chi connectivity index (χ0n) is 13.7. The second-order valence-electron chi connectivity index (χ2n) is 6.97. The Hall–Kier alpha value is -0.490. The fourth-order valence-electron chi connectivity index (χ4n) is 3.30. The summed E-state index contributed by atoms with van der Waals surface area (Å²) in [6.45, 7) is 9.53. The van der Waals surface area contributed by atoms with E-state index in [1.54, 1.807) is 11.3 Å². The minimum absolute atomic E-state index is 0.124. The molecule has 3 N–H and O–H groups in total. The average molecular weight is 311 g/mol. The molecule has 1 fully saturated rings. The van der Waals surface area contributed by atoms with Crippen molar-refractivity contribution in [1.29, 1.82) is 0 Å². The number of rotatable bonds is 6. The molecule has 5 heteroatoms. The molecule has 21 heavy (non-hydrogen) atoms. The van der Waals surface area contributed by atoms with Crippen molar-refractivity contribution >= 4 is 11.3 Å². The first-order valence-corrected chi connectivity index (χ1v) is 8.80. The van der Waals surface area contributed by atoms with Crippen LogP contribution in [0.3, 0.4) is 0 Å². The Morgan fingerprint density at radius 1 is 1.38 bits per heavy atom. The van der Waals surface area contributed by atoms with Crippen molar-refractivity contribution < 1.29 is 4.74 Å². The molecule has 1 saturated carbocycles.